The van der Waals surface area contributed by atoms with Gasteiger partial charge in [-0.25, -0.2) is 0 Å². The molecule has 0 aliphatic rings. The standard InChI is InChI=1S/C9H24Ge2N2/c1-10(2)7-12(5)9-13(6)8-11(3)4/h7-9H2,1-6H3. The Balaban J connectivity index is 3.58. The van der Waals surface area contributed by atoms with Crippen LogP contribution in [0.3, 0.4) is 0 Å². The van der Waals surface area contributed by atoms with E-state index < -0.39 is 28.7 Å². The number of nitrogens with zero attached hydrogens (tertiary/aromatic N) is 2. The Morgan fingerprint density at radius 1 is 0.769 bits per heavy atom. The molecule has 0 atom stereocenters. The summed E-state index contributed by atoms with van der Waals surface area (Å²) in [4.78, 5) is 4.97. The van der Waals surface area contributed by atoms with Gasteiger partial charge in [-0.3, -0.25) is 0 Å². The maximum atomic E-state index is 2.48. The van der Waals surface area contributed by atoms with E-state index in [1.165, 1.54) is 10.8 Å². The van der Waals surface area contributed by atoms with Crippen LogP contribution in [0.25, 0.3) is 0 Å². The predicted molar refractivity (Wildman–Crippen MR) is 65.1 cm³/mol. The molecule has 0 saturated heterocycles. The van der Waals surface area contributed by atoms with Gasteiger partial charge in [0.15, 0.2) is 0 Å². The van der Waals surface area contributed by atoms with Crippen LogP contribution in [-0.2, 0) is 0 Å². The fourth-order valence-electron chi connectivity index (χ4n) is 1.59. The van der Waals surface area contributed by atoms with Crippen molar-refractivity contribution in [1.82, 2.24) is 9.80 Å². The van der Waals surface area contributed by atoms with Crippen LogP contribution in [0.4, 0.5) is 0 Å². The Morgan fingerprint density at radius 3 is 1.31 bits per heavy atom. The van der Waals surface area contributed by atoms with Crippen molar-refractivity contribution in [1.29, 1.82) is 0 Å². The summed E-state index contributed by atoms with van der Waals surface area (Å²) in [6.07, 6.45) is 0. The molecule has 0 saturated carbocycles. The van der Waals surface area contributed by atoms with Gasteiger partial charge in [-0.2, -0.15) is 0 Å². The first-order chi connectivity index (χ1) is 5.91. The second-order valence-electron chi connectivity index (χ2n) is 4.58. The van der Waals surface area contributed by atoms with Crippen molar-refractivity contribution < 1.29 is 0 Å². The molecular weight excluding hydrogens is 281 g/mol. The summed E-state index contributed by atoms with van der Waals surface area (Å²) in [5.41, 5.74) is 0. The summed E-state index contributed by atoms with van der Waals surface area (Å²) in [7, 11) is 4.50. The van der Waals surface area contributed by atoms with Crippen LogP contribution in [0.5, 0.6) is 0 Å². The van der Waals surface area contributed by atoms with Crippen LogP contribution in [0.1, 0.15) is 0 Å². The molecule has 0 unspecified atom stereocenters. The van der Waals surface area contributed by atoms with Crippen LogP contribution in [-0.4, -0.2) is 70.0 Å². The first kappa shape index (κ1) is 14.0. The molecule has 2 nitrogen and oxygen atoms in total. The van der Waals surface area contributed by atoms with Gasteiger partial charge in [0.2, 0.25) is 0 Å². The van der Waals surface area contributed by atoms with Gasteiger partial charge in [0.25, 0.3) is 0 Å². The molecule has 0 N–H and O–H groups in total. The number of hydrogen-bond acceptors (Lipinski definition) is 2. The first-order valence-corrected chi connectivity index (χ1v) is 16.2. The number of rotatable bonds is 6. The molecule has 0 aromatic carbocycles. The SMILES string of the molecule is CN(CN(C)[CH2][Ge]([CH3])[CH3])[CH2][Ge]([CH3])[CH3]. The van der Waals surface area contributed by atoms with Gasteiger partial charge < -0.3 is 0 Å². The van der Waals surface area contributed by atoms with Gasteiger partial charge in [0.1, 0.15) is 0 Å². The Hall–Kier alpha value is 1.01. The summed E-state index contributed by atoms with van der Waals surface area (Å²) in [5, 5.41) is 2.74. The van der Waals surface area contributed by atoms with E-state index in [0.717, 1.165) is 6.67 Å². The second kappa shape index (κ2) is 7.32. The van der Waals surface area contributed by atoms with E-state index in [-0.39, 0.29) is 0 Å². The molecule has 4 heteroatoms. The van der Waals surface area contributed by atoms with Gasteiger partial charge >= 0.3 is 93.0 Å². The van der Waals surface area contributed by atoms with Crippen molar-refractivity contribution in [2.24, 2.45) is 0 Å². The molecule has 0 rings (SSSR count). The van der Waals surface area contributed by atoms with E-state index in [0.29, 0.717) is 0 Å². The second-order valence-corrected chi connectivity index (χ2v) is 16.0. The minimum atomic E-state index is -0.647. The quantitative estimate of drug-likeness (QED) is 0.541. The molecular formula is C9H24Ge2N2. The first-order valence-electron chi connectivity index (χ1n) is 4.87. The maximum absolute atomic E-state index is 2.48. The molecule has 2 radical (unpaired) electrons. The van der Waals surface area contributed by atoms with Crippen molar-refractivity contribution in [2.75, 3.05) is 31.5 Å². The topological polar surface area (TPSA) is 6.48 Å². The van der Waals surface area contributed by atoms with Gasteiger partial charge in [0, 0.05) is 0 Å². The molecule has 0 fully saturated rings. The zero-order valence-electron chi connectivity index (χ0n) is 10.0. The van der Waals surface area contributed by atoms with E-state index in [1.54, 1.807) is 0 Å². The summed E-state index contributed by atoms with van der Waals surface area (Å²) < 4.78 is 0. The average Bonchev–Trinajstić information content (AvgIpc) is 1.80. The normalized spacial score (nSPS) is 12.5. The zero-order valence-corrected chi connectivity index (χ0v) is 14.2. The third-order valence-corrected chi connectivity index (χ3v) is 6.57. The van der Waals surface area contributed by atoms with Crippen molar-refractivity contribution in [3.8, 4) is 0 Å². The van der Waals surface area contributed by atoms with Gasteiger partial charge in [0.05, 0.1) is 0 Å². The summed E-state index contributed by atoms with van der Waals surface area (Å²) in [6.45, 7) is 1.16. The molecule has 0 amide bonds. The van der Waals surface area contributed by atoms with Gasteiger partial charge in [-0.15, -0.1) is 0 Å². The molecule has 13 heavy (non-hydrogen) atoms. The summed E-state index contributed by atoms with van der Waals surface area (Å²) in [5.74, 6) is 9.76. The molecule has 0 aliphatic heterocycles. The van der Waals surface area contributed by atoms with Gasteiger partial charge in [-0.1, -0.05) is 0 Å². The minimum absolute atomic E-state index is 0.647. The molecule has 0 aromatic heterocycles. The van der Waals surface area contributed by atoms with Crippen LogP contribution in [0.15, 0.2) is 0 Å². The monoisotopic (exact) mass is 308 g/mol. The van der Waals surface area contributed by atoms with Crippen molar-refractivity contribution >= 4 is 28.7 Å². The van der Waals surface area contributed by atoms with E-state index in [4.69, 9.17) is 0 Å². The molecule has 0 aliphatic carbocycles. The Bertz CT molecular complexity index is 115. The third-order valence-electron chi connectivity index (χ3n) is 1.66. The summed E-state index contributed by atoms with van der Waals surface area (Å²) in [6, 6.07) is 0. The summed E-state index contributed by atoms with van der Waals surface area (Å²) >= 11 is -1.29. The zero-order chi connectivity index (χ0) is 10.4. The van der Waals surface area contributed by atoms with Crippen LogP contribution < -0.4 is 0 Å². The van der Waals surface area contributed by atoms with E-state index >= 15 is 0 Å². The molecule has 0 bridgehead atoms. The van der Waals surface area contributed by atoms with E-state index in [2.05, 4.69) is 46.9 Å². The van der Waals surface area contributed by atoms with Crippen LogP contribution >= 0.6 is 0 Å². The Labute approximate surface area is 92.9 Å². The van der Waals surface area contributed by atoms with Crippen molar-refractivity contribution in [2.45, 2.75) is 23.0 Å². The molecule has 0 spiro atoms. The Kier molecular flexibility index (Phi) is 7.88. The van der Waals surface area contributed by atoms with E-state index in [9.17, 15) is 0 Å². The van der Waals surface area contributed by atoms with Crippen molar-refractivity contribution in [3.05, 3.63) is 0 Å². The fourth-order valence-corrected chi connectivity index (χ4v) is 6.54. The fraction of sp³-hybridized carbons (Fsp3) is 1.00. The van der Waals surface area contributed by atoms with E-state index in [1.807, 2.05) is 0 Å². The average molecular weight is 306 g/mol. The molecule has 0 heterocycles. The number of hydrogen-bond donors (Lipinski definition) is 0. The van der Waals surface area contributed by atoms with Crippen LogP contribution in [0, 0.1) is 0 Å². The third kappa shape index (κ3) is 9.31. The van der Waals surface area contributed by atoms with Crippen LogP contribution in [0.2, 0.25) is 23.0 Å². The Morgan fingerprint density at radius 2 is 1.08 bits per heavy atom. The molecule has 78 valence electrons. The molecule has 0 aromatic rings. The predicted octanol–water partition coefficient (Wildman–Crippen LogP) is 1.39. The van der Waals surface area contributed by atoms with Crippen molar-refractivity contribution in [3.63, 3.8) is 0 Å². The van der Waals surface area contributed by atoms with Gasteiger partial charge in [-0.05, 0) is 0 Å².